The summed E-state index contributed by atoms with van der Waals surface area (Å²) in [6.45, 7) is 0. The minimum absolute atomic E-state index is 0.183. The van der Waals surface area contributed by atoms with E-state index in [4.69, 9.17) is 0 Å². The van der Waals surface area contributed by atoms with Crippen LogP contribution in [0.5, 0.6) is 0 Å². The summed E-state index contributed by atoms with van der Waals surface area (Å²) in [6, 6.07) is 8.32. The summed E-state index contributed by atoms with van der Waals surface area (Å²) in [4.78, 5) is 12.7. The van der Waals surface area contributed by atoms with Gasteiger partial charge in [-0.15, -0.1) is 0 Å². The Morgan fingerprint density at radius 3 is 2.21 bits per heavy atom. The quantitative estimate of drug-likeness (QED) is 0.834. The van der Waals surface area contributed by atoms with Crippen molar-refractivity contribution in [3.8, 4) is 0 Å². The number of nitrogens with zero attached hydrogens (tertiary/aromatic N) is 1. The molecule has 4 rings (SSSR count). The van der Waals surface area contributed by atoms with E-state index in [0.29, 0.717) is 6.04 Å². The third kappa shape index (κ3) is 1.95. The zero-order chi connectivity index (χ0) is 13.0. The van der Waals surface area contributed by atoms with Crippen molar-refractivity contribution in [2.75, 3.05) is 0 Å². The Hall–Kier alpha value is -1.09. The number of hydrogen-bond acceptors (Lipinski definition) is 1. The van der Waals surface area contributed by atoms with Crippen molar-refractivity contribution in [3.63, 3.8) is 0 Å². The van der Waals surface area contributed by atoms with Crippen molar-refractivity contribution in [2.45, 2.75) is 31.7 Å². The molecule has 2 aromatic rings. The van der Waals surface area contributed by atoms with Crippen molar-refractivity contribution in [1.82, 2.24) is 4.57 Å². The fourth-order valence-electron chi connectivity index (χ4n) is 3.20. The van der Waals surface area contributed by atoms with Crippen LogP contribution in [0.1, 0.15) is 31.7 Å². The van der Waals surface area contributed by atoms with E-state index in [2.05, 4.69) is 15.9 Å². The van der Waals surface area contributed by atoms with E-state index < -0.39 is 0 Å². The summed E-state index contributed by atoms with van der Waals surface area (Å²) < 4.78 is 3.05. The maximum absolute atomic E-state index is 12.7. The van der Waals surface area contributed by atoms with Crippen LogP contribution in [0.4, 0.5) is 0 Å². The van der Waals surface area contributed by atoms with Gasteiger partial charge in [0.25, 0.3) is 5.56 Å². The van der Waals surface area contributed by atoms with Gasteiger partial charge in [-0.05, 0) is 59.5 Å². The van der Waals surface area contributed by atoms with Crippen molar-refractivity contribution in [1.29, 1.82) is 0 Å². The van der Waals surface area contributed by atoms with Crippen molar-refractivity contribution in [3.05, 3.63) is 45.3 Å². The zero-order valence-electron chi connectivity index (χ0n) is 10.7. The van der Waals surface area contributed by atoms with Crippen LogP contribution < -0.4 is 5.56 Å². The largest absolute Gasteiger partial charge is 0.310 e. The summed E-state index contributed by atoms with van der Waals surface area (Å²) >= 11 is 3.63. The van der Waals surface area contributed by atoms with Gasteiger partial charge >= 0.3 is 0 Å². The lowest BCUT2D eigenvalue weighted by Crippen LogP contribution is -2.27. The Bertz CT molecular complexity index is 685. The van der Waals surface area contributed by atoms with Gasteiger partial charge in [0.2, 0.25) is 0 Å². The smallest absolute Gasteiger partial charge is 0.258 e. The lowest BCUT2D eigenvalue weighted by Gasteiger charge is -2.20. The summed E-state index contributed by atoms with van der Waals surface area (Å²) in [7, 11) is 0. The molecule has 3 heteroatoms. The molecule has 1 aromatic carbocycles. The molecular formula is C16H16BrNO. The minimum atomic E-state index is 0.183. The molecule has 19 heavy (non-hydrogen) atoms. The van der Waals surface area contributed by atoms with Gasteiger partial charge < -0.3 is 4.57 Å². The van der Waals surface area contributed by atoms with E-state index >= 15 is 0 Å². The lowest BCUT2D eigenvalue weighted by atomic mass is 10.1. The molecule has 0 unspecified atom stereocenters. The molecule has 0 amide bonds. The maximum Gasteiger partial charge on any atom is 0.258 e. The average Bonchev–Trinajstić information content (AvgIpc) is 3.29. The Labute approximate surface area is 120 Å². The highest BCUT2D eigenvalue weighted by atomic mass is 79.9. The molecule has 2 aliphatic rings. The number of halogens is 1. The topological polar surface area (TPSA) is 22.0 Å². The molecule has 0 bridgehead atoms. The predicted molar refractivity (Wildman–Crippen MR) is 80.4 cm³/mol. The SMILES string of the molecule is O=c1c2ccccc2c(Br)cn1C(C1CC1)C1CC1. The van der Waals surface area contributed by atoms with Crippen LogP contribution in [-0.4, -0.2) is 4.57 Å². The van der Waals surface area contributed by atoms with Crippen LogP contribution in [0, 0.1) is 11.8 Å². The molecule has 2 fully saturated rings. The monoisotopic (exact) mass is 317 g/mol. The Balaban J connectivity index is 1.94. The van der Waals surface area contributed by atoms with Gasteiger partial charge in [0, 0.05) is 27.5 Å². The normalized spacial score (nSPS) is 19.3. The molecule has 2 aliphatic carbocycles. The van der Waals surface area contributed by atoms with Crippen LogP contribution >= 0.6 is 15.9 Å². The highest BCUT2D eigenvalue weighted by molar-refractivity contribution is 9.10. The molecule has 0 spiro atoms. The first-order valence-electron chi connectivity index (χ1n) is 7.05. The van der Waals surface area contributed by atoms with E-state index in [0.717, 1.165) is 27.1 Å². The second-order valence-corrected chi connectivity index (χ2v) is 6.75. The van der Waals surface area contributed by atoms with Crippen molar-refractivity contribution >= 4 is 26.7 Å². The fraction of sp³-hybridized carbons (Fsp3) is 0.438. The number of fused-ring (bicyclic) bond motifs is 1. The van der Waals surface area contributed by atoms with E-state index in [1.54, 1.807) is 0 Å². The van der Waals surface area contributed by atoms with Gasteiger partial charge in [-0.1, -0.05) is 18.2 Å². The number of benzene rings is 1. The van der Waals surface area contributed by atoms with E-state index in [9.17, 15) is 4.79 Å². The summed E-state index contributed by atoms with van der Waals surface area (Å²) in [5, 5.41) is 1.86. The molecule has 2 saturated carbocycles. The third-order valence-electron chi connectivity index (χ3n) is 4.43. The fourth-order valence-corrected chi connectivity index (χ4v) is 3.77. The van der Waals surface area contributed by atoms with Gasteiger partial charge in [-0.2, -0.15) is 0 Å². The van der Waals surface area contributed by atoms with Crippen molar-refractivity contribution in [2.24, 2.45) is 11.8 Å². The first kappa shape index (κ1) is 11.7. The third-order valence-corrected chi connectivity index (χ3v) is 5.06. The number of aromatic nitrogens is 1. The van der Waals surface area contributed by atoms with Gasteiger partial charge in [-0.3, -0.25) is 4.79 Å². The number of pyridine rings is 1. The standard InChI is InChI=1S/C16H16BrNO/c17-14-9-18(15(10-5-6-10)11-7-8-11)16(19)13-4-2-1-3-12(13)14/h1-4,9-11,15H,5-8H2. The van der Waals surface area contributed by atoms with Crippen LogP contribution in [0.15, 0.2) is 39.7 Å². The lowest BCUT2D eigenvalue weighted by molar-refractivity contribution is 0.385. The van der Waals surface area contributed by atoms with Crippen molar-refractivity contribution < 1.29 is 0 Å². The van der Waals surface area contributed by atoms with E-state index in [1.165, 1.54) is 25.7 Å². The minimum Gasteiger partial charge on any atom is -0.310 e. The second-order valence-electron chi connectivity index (χ2n) is 5.90. The molecule has 0 N–H and O–H groups in total. The molecule has 98 valence electrons. The number of rotatable bonds is 3. The summed E-state index contributed by atoms with van der Waals surface area (Å²) in [5.74, 6) is 1.47. The van der Waals surface area contributed by atoms with Crippen LogP contribution in [-0.2, 0) is 0 Å². The van der Waals surface area contributed by atoms with Gasteiger partial charge in [0.15, 0.2) is 0 Å². The molecular weight excluding hydrogens is 302 g/mol. The maximum atomic E-state index is 12.7. The predicted octanol–water partition coefficient (Wildman–Crippen LogP) is 4.13. The summed E-state index contributed by atoms with van der Waals surface area (Å²) in [5.41, 5.74) is 0.183. The Morgan fingerprint density at radius 2 is 1.63 bits per heavy atom. The molecule has 1 heterocycles. The summed E-state index contributed by atoms with van der Waals surface area (Å²) in [6.07, 6.45) is 7.18. The molecule has 0 aliphatic heterocycles. The van der Waals surface area contributed by atoms with Crippen LogP contribution in [0.3, 0.4) is 0 Å². The first-order chi connectivity index (χ1) is 9.25. The molecule has 2 nitrogen and oxygen atoms in total. The van der Waals surface area contributed by atoms with Gasteiger partial charge in [-0.25, -0.2) is 0 Å². The van der Waals surface area contributed by atoms with E-state index in [-0.39, 0.29) is 5.56 Å². The highest BCUT2D eigenvalue weighted by Crippen LogP contribution is 2.51. The van der Waals surface area contributed by atoms with Crippen LogP contribution in [0.2, 0.25) is 0 Å². The second kappa shape index (κ2) is 4.20. The Kier molecular flexibility index (Phi) is 2.59. The molecule has 0 radical (unpaired) electrons. The molecule has 0 saturated heterocycles. The Morgan fingerprint density at radius 1 is 1.05 bits per heavy atom. The highest BCUT2D eigenvalue weighted by Gasteiger charge is 2.43. The van der Waals surface area contributed by atoms with Crippen LogP contribution in [0.25, 0.3) is 10.8 Å². The zero-order valence-corrected chi connectivity index (χ0v) is 12.3. The molecule has 0 atom stereocenters. The number of hydrogen-bond donors (Lipinski definition) is 0. The van der Waals surface area contributed by atoms with Gasteiger partial charge in [0.1, 0.15) is 0 Å². The average molecular weight is 318 g/mol. The van der Waals surface area contributed by atoms with Gasteiger partial charge in [0.05, 0.1) is 0 Å². The van der Waals surface area contributed by atoms with E-state index in [1.807, 2.05) is 35.0 Å². The first-order valence-corrected chi connectivity index (χ1v) is 7.84. The molecule has 1 aromatic heterocycles.